The van der Waals surface area contributed by atoms with Crippen LogP contribution in [0, 0.1) is 6.07 Å². The molecule has 1 radical (unpaired) electrons. The number of hydrogen-bond donors (Lipinski definition) is 0. The molecule has 1 aromatic carbocycles. The van der Waals surface area contributed by atoms with E-state index in [1.807, 2.05) is 0 Å². The summed E-state index contributed by atoms with van der Waals surface area (Å²) in [5.74, 6) is 0. The minimum atomic E-state index is -2.49. The summed E-state index contributed by atoms with van der Waals surface area (Å²) in [6.45, 7) is 0. The molecule has 0 N–H and O–H groups in total. The van der Waals surface area contributed by atoms with Gasteiger partial charge in [0.15, 0.2) is 0 Å². The fourth-order valence-corrected chi connectivity index (χ4v) is 0.767. The van der Waals surface area contributed by atoms with Crippen molar-refractivity contribution in [3.05, 3.63) is 34.9 Å². The summed E-state index contributed by atoms with van der Waals surface area (Å²) in [6.07, 6.45) is -2.49. The minimum Gasteiger partial charge on any atom is -0.205 e. The van der Waals surface area contributed by atoms with Gasteiger partial charge >= 0.3 is 0 Å². The number of benzene rings is 1. The van der Waals surface area contributed by atoms with Crippen LogP contribution < -0.4 is 0 Å². The summed E-state index contributed by atoms with van der Waals surface area (Å²) in [4.78, 5) is 0. The number of halogens is 3. The monoisotopic (exact) mass is 161 g/mol. The molecule has 1 rings (SSSR count). The van der Waals surface area contributed by atoms with Gasteiger partial charge in [-0.15, -0.1) is 0 Å². The number of hydrogen-bond acceptors (Lipinski definition) is 0. The van der Waals surface area contributed by atoms with Crippen LogP contribution in [0.2, 0.25) is 5.02 Å². The molecule has 53 valence electrons. The van der Waals surface area contributed by atoms with Crippen molar-refractivity contribution in [3.8, 4) is 0 Å². The van der Waals surface area contributed by atoms with Gasteiger partial charge in [-0.3, -0.25) is 0 Å². The molecule has 10 heavy (non-hydrogen) atoms. The van der Waals surface area contributed by atoms with Gasteiger partial charge in [-0.1, -0.05) is 23.7 Å². The van der Waals surface area contributed by atoms with Gasteiger partial charge < -0.3 is 0 Å². The van der Waals surface area contributed by atoms with Crippen molar-refractivity contribution in [3.63, 3.8) is 0 Å². The molecule has 0 atom stereocenters. The molecule has 0 heterocycles. The lowest BCUT2D eigenvalue weighted by Gasteiger charge is -1.96. The lowest BCUT2D eigenvalue weighted by Crippen LogP contribution is -1.82. The maximum Gasteiger partial charge on any atom is 0.264 e. The van der Waals surface area contributed by atoms with E-state index in [2.05, 4.69) is 6.07 Å². The Bertz CT molecular complexity index is 223. The van der Waals surface area contributed by atoms with Crippen molar-refractivity contribution in [2.45, 2.75) is 6.43 Å². The van der Waals surface area contributed by atoms with Crippen molar-refractivity contribution in [1.82, 2.24) is 0 Å². The van der Waals surface area contributed by atoms with Gasteiger partial charge in [-0.25, -0.2) is 8.78 Å². The van der Waals surface area contributed by atoms with Crippen LogP contribution in [-0.4, -0.2) is 0 Å². The molecule has 0 bridgehead atoms. The van der Waals surface area contributed by atoms with E-state index in [1.54, 1.807) is 0 Å². The zero-order chi connectivity index (χ0) is 7.56. The third-order valence-corrected chi connectivity index (χ3v) is 1.24. The Morgan fingerprint density at radius 2 is 2.10 bits per heavy atom. The van der Waals surface area contributed by atoms with Gasteiger partial charge in [0.05, 0.1) is 0 Å². The van der Waals surface area contributed by atoms with Crippen molar-refractivity contribution >= 4 is 11.6 Å². The Labute approximate surface area is 62.4 Å². The molecular formula is C7H4ClF2. The Morgan fingerprint density at radius 3 is 2.50 bits per heavy atom. The summed E-state index contributed by atoms with van der Waals surface area (Å²) in [5, 5.41) is 0.220. The van der Waals surface area contributed by atoms with Crippen LogP contribution in [-0.2, 0) is 0 Å². The van der Waals surface area contributed by atoms with E-state index in [0.29, 0.717) is 0 Å². The second-order valence-electron chi connectivity index (χ2n) is 1.75. The predicted octanol–water partition coefficient (Wildman–Crippen LogP) is 3.08. The van der Waals surface area contributed by atoms with Gasteiger partial charge in [0.2, 0.25) is 0 Å². The summed E-state index contributed by atoms with van der Waals surface area (Å²) < 4.78 is 23.7. The van der Waals surface area contributed by atoms with Crippen molar-refractivity contribution in [2.24, 2.45) is 0 Å². The SMILES string of the molecule is FC(F)c1[c]c(Cl)ccc1. The van der Waals surface area contributed by atoms with Crippen molar-refractivity contribution in [2.75, 3.05) is 0 Å². The van der Waals surface area contributed by atoms with Crippen molar-refractivity contribution in [1.29, 1.82) is 0 Å². The summed E-state index contributed by atoms with van der Waals surface area (Å²) in [6, 6.07) is 6.59. The first-order chi connectivity index (χ1) is 4.70. The van der Waals surface area contributed by atoms with E-state index in [1.165, 1.54) is 18.2 Å². The topological polar surface area (TPSA) is 0 Å². The lowest BCUT2D eigenvalue weighted by molar-refractivity contribution is 0.151. The molecule has 0 nitrogen and oxygen atoms in total. The highest BCUT2D eigenvalue weighted by Crippen LogP contribution is 2.20. The highest BCUT2D eigenvalue weighted by Gasteiger charge is 2.05. The first-order valence-corrected chi connectivity index (χ1v) is 3.04. The molecule has 0 aliphatic carbocycles. The van der Waals surface area contributed by atoms with Crippen LogP contribution in [0.25, 0.3) is 0 Å². The quantitative estimate of drug-likeness (QED) is 0.594. The Hall–Kier alpha value is -0.630. The van der Waals surface area contributed by atoms with Crippen LogP contribution in [0.15, 0.2) is 18.2 Å². The Morgan fingerprint density at radius 1 is 1.40 bits per heavy atom. The first-order valence-electron chi connectivity index (χ1n) is 2.66. The molecular weight excluding hydrogens is 158 g/mol. The summed E-state index contributed by atoms with van der Waals surface area (Å²) in [5.41, 5.74) is -0.160. The lowest BCUT2D eigenvalue weighted by atomic mass is 10.2. The fraction of sp³-hybridized carbons (Fsp3) is 0.143. The predicted molar refractivity (Wildman–Crippen MR) is 35.2 cm³/mol. The second-order valence-corrected chi connectivity index (χ2v) is 2.16. The van der Waals surface area contributed by atoms with Crippen LogP contribution in [0.1, 0.15) is 12.0 Å². The minimum absolute atomic E-state index is 0.160. The maximum absolute atomic E-state index is 11.9. The van der Waals surface area contributed by atoms with Crippen LogP contribution in [0.3, 0.4) is 0 Å². The van der Waals surface area contributed by atoms with Crippen molar-refractivity contribution < 1.29 is 8.78 Å². The molecule has 0 unspecified atom stereocenters. The van der Waals surface area contributed by atoms with E-state index in [-0.39, 0.29) is 10.6 Å². The van der Waals surface area contributed by atoms with E-state index in [9.17, 15) is 8.78 Å². The van der Waals surface area contributed by atoms with E-state index >= 15 is 0 Å². The van der Waals surface area contributed by atoms with E-state index in [0.717, 1.165) is 0 Å². The van der Waals surface area contributed by atoms with Gasteiger partial charge in [0.25, 0.3) is 6.43 Å². The van der Waals surface area contributed by atoms with Gasteiger partial charge in [-0.2, -0.15) is 0 Å². The molecule has 0 aliphatic rings. The fourth-order valence-electron chi connectivity index (χ4n) is 0.585. The Balaban J connectivity index is 2.96. The van der Waals surface area contributed by atoms with E-state index < -0.39 is 6.43 Å². The third kappa shape index (κ3) is 1.67. The molecule has 0 amide bonds. The normalized spacial score (nSPS) is 10.4. The van der Waals surface area contributed by atoms with Gasteiger partial charge in [0, 0.05) is 16.7 Å². The largest absolute Gasteiger partial charge is 0.264 e. The zero-order valence-electron chi connectivity index (χ0n) is 4.94. The van der Waals surface area contributed by atoms with Gasteiger partial charge in [0.1, 0.15) is 0 Å². The maximum atomic E-state index is 11.9. The average molecular weight is 162 g/mol. The van der Waals surface area contributed by atoms with Crippen LogP contribution in [0.4, 0.5) is 8.78 Å². The standard InChI is InChI=1S/C7H4ClF2/c8-6-3-1-2-5(4-6)7(9)10/h1-3,7H. The molecule has 0 saturated heterocycles. The average Bonchev–Trinajstić information content (AvgIpc) is 1.88. The molecule has 0 spiro atoms. The highest BCUT2D eigenvalue weighted by molar-refractivity contribution is 6.30. The summed E-state index contributed by atoms with van der Waals surface area (Å²) >= 11 is 5.40. The molecule has 0 fully saturated rings. The Kier molecular flexibility index (Phi) is 2.22. The number of alkyl halides is 2. The second kappa shape index (κ2) is 2.97. The first kappa shape index (κ1) is 7.48. The molecule has 0 aliphatic heterocycles. The zero-order valence-corrected chi connectivity index (χ0v) is 5.70. The van der Waals surface area contributed by atoms with Gasteiger partial charge in [-0.05, 0) is 6.07 Å². The molecule has 3 heteroatoms. The van der Waals surface area contributed by atoms with Crippen LogP contribution >= 0.6 is 11.6 Å². The molecule has 0 aromatic heterocycles. The highest BCUT2D eigenvalue weighted by atomic mass is 35.5. The van der Waals surface area contributed by atoms with Crippen LogP contribution in [0.5, 0.6) is 0 Å². The smallest absolute Gasteiger partial charge is 0.205 e. The molecule has 1 aromatic rings. The number of rotatable bonds is 1. The molecule has 0 saturated carbocycles. The third-order valence-electron chi connectivity index (χ3n) is 1.02. The summed E-state index contributed by atoms with van der Waals surface area (Å²) in [7, 11) is 0. The van der Waals surface area contributed by atoms with E-state index in [4.69, 9.17) is 11.6 Å².